The second kappa shape index (κ2) is 11.0. The van der Waals surface area contributed by atoms with Crippen LogP contribution in [-0.4, -0.2) is 77.4 Å². The van der Waals surface area contributed by atoms with Crippen molar-refractivity contribution >= 4 is 34.1 Å². The Morgan fingerprint density at radius 2 is 1.35 bits per heavy atom. The zero-order valence-electron chi connectivity index (χ0n) is 28.4. The Balaban J connectivity index is 0.000000131. The smallest absolute Gasteiger partial charge is 0.319 e. The number of carbonyl (C=O) groups is 2. The van der Waals surface area contributed by atoms with Gasteiger partial charge in [0.25, 0.3) is 0 Å². The second-order valence-corrected chi connectivity index (χ2v) is 15.1. The molecule has 12 rings (SSSR count). The highest BCUT2D eigenvalue weighted by Crippen LogP contribution is 2.54. The van der Waals surface area contributed by atoms with Gasteiger partial charge in [0.2, 0.25) is 0 Å². The number of aldehydes is 1. The highest BCUT2D eigenvalue weighted by Gasteiger charge is 2.60. The predicted molar refractivity (Wildman–Crippen MR) is 189 cm³/mol. The zero-order valence-corrected chi connectivity index (χ0v) is 28.4. The van der Waals surface area contributed by atoms with Gasteiger partial charge in [-0.2, -0.15) is 0 Å². The van der Waals surface area contributed by atoms with Crippen molar-refractivity contribution in [3.8, 4) is 0 Å². The molecule has 0 saturated carbocycles. The normalized spacial score (nSPS) is 33.8. The number of benzene rings is 2. The first kappa shape index (κ1) is 30.1. The molecule has 8 atom stereocenters. The van der Waals surface area contributed by atoms with E-state index in [-0.39, 0.29) is 23.5 Å². The van der Waals surface area contributed by atoms with Gasteiger partial charge in [-0.3, -0.25) is 14.6 Å². The van der Waals surface area contributed by atoms with Crippen LogP contribution < -0.4 is 0 Å². The molecule has 8 unspecified atom stereocenters. The van der Waals surface area contributed by atoms with Gasteiger partial charge in [-0.05, 0) is 73.6 Å². The van der Waals surface area contributed by atoms with Crippen LogP contribution in [0.5, 0.6) is 0 Å². The average Bonchev–Trinajstić information content (AvgIpc) is 3.66. The number of rotatable bonds is 4. The summed E-state index contributed by atoms with van der Waals surface area (Å²) in [5.41, 5.74) is 9.19. The van der Waals surface area contributed by atoms with Gasteiger partial charge in [-0.25, -0.2) is 0 Å². The van der Waals surface area contributed by atoms with Crippen molar-refractivity contribution in [1.29, 1.82) is 0 Å². The molecule has 2 N–H and O–H groups in total. The molecule has 4 aromatic rings. The molecule has 2 saturated heterocycles. The fraction of sp³-hybridized carbons (Fsp3) is 0.463. The number of esters is 1. The van der Waals surface area contributed by atoms with Crippen molar-refractivity contribution in [2.24, 2.45) is 11.8 Å². The first-order valence-corrected chi connectivity index (χ1v) is 18.1. The highest BCUT2D eigenvalue weighted by molar-refractivity contribution is 5.92. The number of fused-ring (bicyclic) bond motifs is 6. The lowest BCUT2D eigenvalue weighted by Gasteiger charge is -2.53. The van der Waals surface area contributed by atoms with Crippen LogP contribution in [0.25, 0.3) is 21.8 Å². The highest BCUT2D eigenvalue weighted by atomic mass is 16.5. The number of ether oxygens (including phenoxy) is 1. The Morgan fingerprint density at radius 1 is 0.812 bits per heavy atom. The molecule has 8 bridgehead atoms. The van der Waals surface area contributed by atoms with E-state index in [1.165, 1.54) is 57.7 Å². The van der Waals surface area contributed by atoms with E-state index in [1.807, 2.05) is 0 Å². The number of hydrogen-bond donors (Lipinski definition) is 2. The Kier molecular flexibility index (Phi) is 6.93. The van der Waals surface area contributed by atoms with E-state index >= 15 is 0 Å². The maximum atomic E-state index is 13.2. The van der Waals surface area contributed by atoms with E-state index in [9.17, 15) is 9.59 Å². The van der Waals surface area contributed by atoms with Gasteiger partial charge in [0, 0.05) is 65.4 Å². The average molecular weight is 643 g/mol. The second-order valence-electron chi connectivity index (χ2n) is 15.1. The van der Waals surface area contributed by atoms with Crippen molar-refractivity contribution in [2.75, 3.05) is 33.3 Å². The molecule has 8 aliphatic rings. The molecule has 2 aliphatic carbocycles. The molecule has 6 aliphatic heterocycles. The zero-order chi connectivity index (χ0) is 32.8. The molecule has 0 amide bonds. The molecule has 2 aromatic carbocycles. The summed E-state index contributed by atoms with van der Waals surface area (Å²) in [6.45, 7) is 8.68. The minimum absolute atomic E-state index is 0.0824. The van der Waals surface area contributed by atoms with Crippen molar-refractivity contribution < 1.29 is 14.3 Å². The van der Waals surface area contributed by atoms with Crippen LogP contribution in [0.4, 0.5) is 0 Å². The molecule has 0 radical (unpaired) electrons. The number of H-pyrrole nitrogens is 2. The summed E-state index contributed by atoms with van der Waals surface area (Å²) in [6, 6.07) is 17.3. The summed E-state index contributed by atoms with van der Waals surface area (Å²) >= 11 is 0. The van der Waals surface area contributed by atoms with E-state index < -0.39 is 5.41 Å². The molecule has 48 heavy (non-hydrogen) atoms. The first-order chi connectivity index (χ1) is 23.4. The standard InChI is InChI=1S/C21H24N2O2.C20H22N2O/c1-3-14-10-13-11-21(20(24)25-2)18-16(8-9-23(12-13)19(14)21)15-6-4-5-7-17(15)22-18;1-2-14-9-13-10-20(12-23)18-16(7-8-22(11-13)19(14)20)15-5-3-4-6-17(15)21-18/h4-7,10,13,19,22H,3,8-9,11-12H2,1-2H3;3-6,9,12-13,19,21H,2,7-8,10-11H2,1H3. The number of carbonyl (C=O) groups excluding carboxylic acids is 2. The summed E-state index contributed by atoms with van der Waals surface area (Å²) in [4.78, 5) is 38.1. The number of methoxy groups -OCH3 is 1. The van der Waals surface area contributed by atoms with E-state index in [4.69, 9.17) is 4.74 Å². The van der Waals surface area contributed by atoms with Crippen LogP contribution in [0.2, 0.25) is 0 Å². The molecular weight excluding hydrogens is 596 g/mol. The quantitative estimate of drug-likeness (QED) is 0.154. The van der Waals surface area contributed by atoms with E-state index in [2.05, 4.69) is 94.3 Å². The summed E-state index contributed by atoms with van der Waals surface area (Å²) in [5.74, 6) is 0.856. The summed E-state index contributed by atoms with van der Waals surface area (Å²) in [6.07, 6.45) is 12.0. The summed E-state index contributed by atoms with van der Waals surface area (Å²) < 4.78 is 5.41. The summed E-state index contributed by atoms with van der Waals surface area (Å²) in [5, 5.41) is 2.56. The number of aromatic nitrogens is 2. The van der Waals surface area contributed by atoms with Crippen molar-refractivity contribution in [2.45, 2.75) is 75.3 Å². The van der Waals surface area contributed by atoms with Crippen molar-refractivity contribution in [3.63, 3.8) is 0 Å². The van der Waals surface area contributed by atoms with Crippen LogP contribution in [0, 0.1) is 11.8 Å². The van der Waals surface area contributed by atoms with Crippen LogP contribution in [0.3, 0.4) is 0 Å². The van der Waals surface area contributed by atoms with Crippen LogP contribution in [0.15, 0.2) is 71.8 Å². The molecule has 2 fully saturated rings. The lowest BCUT2D eigenvalue weighted by Crippen LogP contribution is -2.63. The van der Waals surface area contributed by atoms with E-state index in [1.54, 1.807) is 0 Å². The van der Waals surface area contributed by atoms with Gasteiger partial charge in [-0.1, -0.05) is 73.5 Å². The third kappa shape index (κ3) is 4.01. The third-order valence-corrected chi connectivity index (χ3v) is 12.8. The first-order valence-electron chi connectivity index (χ1n) is 18.1. The van der Waals surface area contributed by atoms with Crippen molar-refractivity contribution in [3.05, 3.63) is 94.3 Å². The molecule has 248 valence electrons. The number of hydrogen-bond acceptors (Lipinski definition) is 5. The fourth-order valence-corrected chi connectivity index (χ4v) is 11.2. The Morgan fingerprint density at radius 3 is 1.96 bits per heavy atom. The van der Waals surface area contributed by atoms with Crippen LogP contribution >= 0.6 is 0 Å². The lowest BCUT2D eigenvalue weighted by molar-refractivity contribution is -0.154. The Labute approximate surface area is 282 Å². The number of aromatic amines is 2. The molecular formula is C41H46N4O3. The van der Waals surface area contributed by atoms with Crippen molar-refractivity contribution in [1.82, 2.24) is 19.8 Å². The van der Waals surface area contributed by atoms with E-state index in [0.717, 1.165) is 75.9 Å². The van der Waals surface area contributed by atoms with Gasteiger partial charge >= 0.3 is 5.97 Å². The van der Waals surface area contributed by atoms with Gasteiger partial charge in [0.15, 0.2) is 0 Å². The molecule has 0 spiro atoms. The minimum atomic E-state index is -0.595. The summed E-state index contributed by atoms with van der Waals surface area (Å²) in [7, 11) is 1.53. The SMILES string of the molecule is CCC1=CC2CN3CCc4c([nH]c5ccccc45)C(C(=O)OC)(C2)C13.CCC1=CC2CN3CCc4c([nH]c5ccccc45)C(C=O)(C2)C13. The minimum Gasteiger partial charge on any atom is -0.468 e. The van der Waals surface area contributed by atoms with E-state index in [0.29, 0.717) is 11.8 Å². The number of piperidine rings is 2. The lowest BCUT2D eigenvalue weighted by atomic mass is 9.60. The van der Waals surface area contributed by atoms with Crippen LogP contribution in [0.1, 0.15) is 62.0 Å². The fourth-order valence-electron chi connectivity index (χ4n) is 11.2. The van der Waals surface area contributed by atoms with Crippen LogP contribution in [-0.2, 0) is 38.0 Å². The molecule has 7 heteroatoms. The maximum Gasteiger partial charge on any atom is 0.319 e. The number of para-hydroxylation sites is 2. The van der Waals surface area contributed by atoms with Gasteiger partial charge < -0.3 is 19.5 Å². The molecule has 7 nitrogen and oxygen atoms in total. The number of nitrogens with zero attached hydrogens (tertiary/aromatic N) is 2. The monoisotopic (exact) mass is 642 g/mol. The van der Waals surface area contributed by atoms with Gasteiger partial charge in [0.05, 0.1) is 18.6 Å². The Hall–Kier alpha value is -3.94. The maximum absolute atomic E-state index is 13.2. The van der Waals surface area contributed by atoms with Gasteiger partial charge in [0.1, 0.15) is 11.7 Å². The third-order valence-electron chi connectivity index (χ3n) is 12.8. The topological polar surface area (TPSA) is 81.4 Å². The number of nitrogens with one attached hydrogen (secondary N) is 2. The Bertz CT molecular complexity index is 2020. The van der Waals surface area contributed by atoms with Gasteiger partial charge in [-0.15, -0.1) is 0 Å². The predicted octanol–water partition coefficient (Wildman–Crippen LogP) is 6.38. The molecule has 8 heterocycles. The largest absolute Gasteiger partial charge is 0.468 e. The molecule has 2 aromatic heterocycles.